The number of ether oxygens (including phenoxy) is 1. The highest BCUT2D eigenvalue weighted by molar-refractivity contribution is 5.83. The Hall–Kier alpha value is -0.830. The summed E-state index contributed by atoms with van der Waals surface area (Å²) in [7, 11) is 0. The second-order valence-corrected chi connectivity index (χ2v) is 5.46. The number of hydrogen-bond donors (Lipinski definition) is 1. The van der Waals surface area contributed by atoms with Gasteiger partial charge in [0.15, 0.2) is 0 Å². The highest BCUT2D eigenvalue weighted by atomic mass is 16.5. The van der Waals surface area contributed by atoms with Crippen LogP contribution in [0.4, 0.5) is 0 Å². The molecule has 0 spiro atoms. The molecule has 3 aliphatic rings. The monoisotopic (exact) mass is 220 g/mol. The first-order valence-electron chi connectivity index (χ1n) is 6.35. The number of aliphatic imine (C=N–C) groups is 1. The van der Waals surface area contributed by atoms with Crippen molar-refractivity contribution in [3.05, 3.63) is 11.3 Å². The lowest BCUT2D eigenvalue weighted by Gasteiger charge is -2.36. The van der Waals surface area contributed by atoms with Crippen molar-refractivity contribution in [2.45, 2.75) is 58.3 Å². The molecule has 0 amide bonds. The van der Waals surface area contributed by atoms with Gasteiger partial charge in [-0.1, -0.05) is 13.8 Å². The van der Waals surface area contributed by atoms with Crippen LogP contribution >= 0.6 is 0 Å². The molecule has 2 saturated heterocycles. The zero-order valence-corrected chi connectivity index (χ0v) is 10.3. The van der Waals surface area contributed by atoms with Gasteiger partial charge in [0.2, 0.25) is 0 Å². The summed E-state index contributed by atoms with van der Waals surface area (Å²) in [6.07, 6.45) is 4.28. The van der Waals surface area contributed by atoms with Gasteiger partial charge in [-0.2, -0.15) is 0 Å². The maximum Gasteiger partial charge on any atom is 0.101 e. The summed E-state index contributed by atoms with van der Waals surface area (Å²) in [5.41, 5.74) is 2.91. The van der Waals surface area contributed by atoms with Crippen molar-refractivity contribution in [1.29, 1.82) is 0 Å². The van der Waals surface area contributed by atoms with Crippen LogP contribution in [0.1, 0.15) is 40.0 Å². The minimum atomic E-state index is 0.303. The Morgan fingerprint density at radius 3 is 2.94 bits per heavy atom. The van der Waals surface area contributed by atoms with Crippen LogP contribution in [0.15, 0.2) is 16.3 Å². The molecule has 0 aromatic heterocycles. The number of amidine groups is 1. The highest BCUT2D eigenvalue weighted by Crippen LogP contribution is 2.40. The molecular weight excluding hydrogens is 200 g/mol. The normalized spacial score (nSPS) is 37.2. The SMILES string of the molecule is CC1=NC2C(=C(C(C)C)N1)CC1CCC2O1. The zero-order valence-electron chi connectivity index (χ0n) is 10.3. The van der Waals surface area contributed by atoms with Crippen molar-refractivity contribution >= 4 is 5.84 Å². The van der Waals surface area contributed by atoms with Crippen LogP contribution in [0, 0.1) is 5.92 Å². The fraction of sp³-hybridized carbons (Fsp3) is 0.769. The van der Waals surface area contributed by atoms with Crippen LogP contribution in [0.25, 0.3) is 0 Å². The Bertz CT molecular complexity index is 370. The molecule has 3 aliphatic heterocycles. The highest BCUT2D eigenvalue weighted by Gasteiger charge is 2.42. The molecule has 0 aromatic carbocycles. The lowest BCUT2D eigenvalue weighted by Crippen LogP contribution is -2.42. The lowest BCUT2D eigenvalue weighted by atomic mass is 9.90. The maximum atomic E-state index is 5.97. The third kappa shape index (κ3) is 1.49. The summed E-state index contributed by atoms with van der Waals surface area (Å²) in [6.45, 7) is 6.56. The Labute approximate surface area is 97.0 Å². The maximum absolute atomic E-state index is 5.97. The molecule has 16 heavy (non-hydrogen) atoms. The van der Waals surface area contributed by atoms with Crippen LogP contribution in [-0.4, -0.2) is 24.1 Å². The average molecular weight is 220 g/mol. The lowest BCUT2D eigenvalue weighted by molar-refractivity contribution is 0.0138. The molecule has 0 aromatic rings. The predicted molar refractivity (Wildman–Crippen MR) is 64.4 cm³/mol. The van der Waals surface area contributed by atoms with Crippen LogP contribution < -0.4 is 5.32 Å². The van der Waals surface area contributed by atoms with Crippen LogP contribution in [0.2, 0.25) is 0 Å². The van der Waals surface area contributed by atoms with Gasteiger partial charge in [-0.3, -0.25) is 4.99 Å². The first kappa shape index (κ1) is 10.3. The third-order valence-corrected chi connectivity index (χ3v) is 3.87. The molecule has 0 radical (unpaired) electrons. The van der Waals surface area contributed by atoms with E-state index in [-0.39, 0.29) is 0 Å². The van der Waals surface area contributed by atoms with E-state index in [1.165, 1.54) is 24.1 Å². The molecule has 3 nitrogen and oxygen atoms in total. The summed E-state index contributed by atoms with van der Waals surface area (Å²) in [6, 6.07) is 0.303. The number of allylic oxidation sites excluding steroid dienone is 1. The molecule has 3 heteroatoms. The van der Waals surface area contributed by atoms with Crippen molar-refractivity contribution in [2.24, 2.45) is 10.9 Å². The van der Waals surface area contributed by atoms with Crippen LogP contribution in [0.5, 0.6) is 0 Å². The Kier molecular flexibility index (Phi) is 2.32. The van der Waals surface area contributed by atoms with Crippen LogP contribution in [-0.2, 0) is 4.74 Å². The summed E-state index contributed by atoms with van der Waals surface area (Å²) in [5.74, 6) is 1.60. The number of hydrogen-bond acceptors (Lipinski definition) is 3. The van der Waals surface area contributed by atoms with Gasteiger partial charge in [-0.25, -0.2) is 0 Å². The van der Waals surface area contributed by atoms with Crippen molar-refractivity contribution in [1.82, 2.24) is 5.32 Å². The molecule has 0 aliphatic carbocycles. The Morgan fingerprint density at radius 1 is 1.38 bits per heavy atom. The summed E-state index contributed by atoms with van der Waals surface area (Å²) in [4.78, 5) is 4.74. The molecular formula is C13H20N2O. The molecule has 2 bridgehead atoms. The molecule has 1 N–H and O–H groups in total. The molecule has 3 rings (SSSR count). The molecule has 88 valence electrons. The van der Waals surface area contributed by atoms with E-state index in [0.29, 0.717) is 24.2 Å². The summed E-state index contributed by atoms with van der Waals surface area (Å²) < 4.78 is 5.97. The van der Waals surface area contributed by atoms with Gasteiger partial charge in [0.25, 0.3) is 0 Å². The first-order valence-corrected chi connectivity index (χ1v) is 6.35. The van der Waals surface area contributed by atoms with E-state index < -0.39 is 0 Å². The number of rotatable bonds is 1. The van der Waals surface area contributed by atoms with Gasteiger partial charge in [0, 0.05) is 5.70 Å². The topological polar surface area (TPSA) is 33.6 Å². The number of nitrogens with one attached hydrogen (secondary N) is 1. The first-order chi connectivity index (χ1) is 7.65. The van der Waals surface area contributed by atoms with E-state index >= 15 is 0 Å². The molecule has 3 heterocycles. The van der Waals surface area contributed by atoms with E-state index in [2.05, 4.69) is 26.1 Å². The molecule has 3 unspecified atom stereocenters. The van der Waals surface area contributed by atoms with Crippen molar-refractivity contribution in [3.63, 3.8) is 0 Å². The second-order valence-electron chi connectivity index (χ2n) is 5.46. The van der Waals surface area contributed by atoms with Gasteiger partial charge >= 0.3 is 0 Å². The zero-order chi connectivity index (χ0) is 11.3. The van der Waals surface area contributed by atoms with Gasteiger partial charge in [0.05, 0.1) is 18.0 Å². The standard InChI is InChI=1S/C13H20N2O/c1-7(2)12-10-6-9-4-5-11(16-9)13(10)15-8(3)14-12/h7,9,11,13H,4-6H2,1-3H3,(H,14,15). The van der Waals surface area contributed by atoms with Crippen LogP contribution in [0.3, 0.4) is 0 Å². The van der Waals surface area contributed by atoms with E-state index in [1.54, 1.807) is 0 Å². The van der Waals surface area contributed by atoms with Gasteiger partial charge in [0.1, 0.15) is 6.04 Å². The van der Waals surface area contributed by atoms with Gasteiger partial charge < -0.3 is 10.1 Å². The number of fused-ring (bicyclic) bond motifs is 4. The quantitative estimate of drug-likeness (QED) is 0.735. The summed E-state index contributed by atoms with van der Waals surface area (Å²) >= 11 is 0. The van der Waals surface area contributed by atoms with E-state index in [1.807, 2.05) is 0 Å². The van der Waals surface area contributed by atoms with Crippen molar-refractivity contribution in [3.8, 4) is 0 Å². The van der Waals surface area contributed by atoms with E-state index in [9.17, 15) is 0 Å². The Morgan fingerprint density at radius 2 is 2.19 bits per heavy atom. The fourth-order valence-corrected chi connectivity index (χ4v) is 3.17. The Balaban J connectivity index is 2.00. The third-order valence-electron chi connectivity index (χ3n) is 3.87. The fourth-order valence-electron chi connectivity index (χ4n) is 3.17. The van der Waals surface area contributed by atoms with Gasteiger partial charge in [-0.05, 0) is 37.7 Å². The van der Waals surface area contributed by atoms with Crippen molar-refractivity contribution < 1.29 is 4.74 Å². The van der Waals surface area contributed by atoms with Crippen molar-refractivity contribution in [2.75, 3.05) is 0 Å². The molecule has 2 fully saturated rings. The second kappa shape index (κ2) is 3.59. The summed E-state index contributed by atoms with van der Waals surface area (Å²) in [5, 5.41) is 3.46. The minimum Gasteiger partial charge on any atom is -0.372 e. The molecule has 3 atom stereocenters. The molecule has 0 saturated carbocycles. The number of nitrogens with zero attached hydrogens (tertiary/aromatic N) is 1. The van der Waals surface area contributed by atoms with Gasteiger partial charge in [-0.15, -0.1) is 0 Å². The van der Waals surface area contributed by atoms with E-state index in [4.69, 9.17) is 9.73 Å². The minimum absolute atomic E-state index is 0.303. The average Bonchev–Trinajstić information content (AvgIpc) is 2.62. The van der Waals surface area contributed by atoms with E-state index in [0.717, 1.165) is 12.3 Å². The smallest absolute Gasteiger partial charge is 0.101 e. The largest absolute Gasteiger partial charge is 0.372 e. The predicted octanol–water partition coefficient (Wildman–Crippen LogP) is 2.24.